The van der Waals surface area contributed by atoms with Gasteiger partial charge < -0.3 is 43.2 Å². The second-order valence-electron chi connectivity index (χ2n) is 12.1. The summed E-state index contributed by atoms with van der Waals surface area (Å²) in [6.07, 6.45) is -2.23. The van der Waals surface area contributed by atoms with Crippen molar-refractivity contribution in [3.8, 4) is 11.5 Å². The predicted molar refractivity (Wildman–Crippen MR) is 148 cm³/mol. The minimum atomic E-state index is -1.36. The zero-order chi connectivity index (χ0) is 31.5. The molecule has 1 aromatic carbocycles. The van der Waals surface area contributed by atoms with Crippen molar-refractivity contribution in [1.82, 2.24) is 4.90 Å². The molecule has 10 atom stereocenters. The number of likely N-dealkylation sites (N-methyl/N-ethyl adjacent to an activating group) is 1. The lowest BCUT2D eigenvalue weighted by molar-refractivity contribution is -0.319. The molecule has 44 heavy (non-hydrogen) atoms. The lowest BCUT2D eigenvalue weighted by Gasteiger charge is -2.57. The highest BCUT2D eigenvalue weighted by atomic mass is 16.7. The van der Waals surface area contributed by atoms with Gasteiger partial charge in [0.25, 0.3) is 0 Å². The number of esters is 4. The molecule has 0 saturated carbocycles. The fourth-order valence-electron chi connectivity index (χ4n) is 7.79. The molecule has 0 aromatic heterocycles. The molecule has 2 fully saturated rings. The first-order chi connectivity index (χ1) is 20.9. The number of likely N-dealkylation sites (tertiary alicyclic amines) is 1. The van der Waals surface area contributed by atoms with E-state index in [2.05, 4.69) is 18.0 Å². The summed E-state index contributed by atoms with van der Waals surface area (Å²) >= 11 is 0. The van der Waals surface area contributed by atoms with Gasteiger partial charge in [-0.25, -0.2) is 0 Å². The van der Waals surface area contributed by atoms with Crippen LogP contribution in [-0.4, -0.2) is 103 Å². The summed E-state index contributed by atoms with van der Waals surface area (Å²) in [5.74, 6) is -2.18. The van der Waals surface area contributed by atoms with Crippen molar-refractivity contribution >= 4 is 23.9 Å². The van der Waals surface area contributed by atoms with E-state index in [1.807, 2.05) is 12.1 Å². The van der Waals surface area contributed by atoms with Gasteiger partial charge in [-0.3, -0.25) is 19.2 Å². The van der Waals surface area contributed by atoms with Gasteiger partial charge >= 0.3 is 23.9 Å². The van der Waals surface area contributed by atoms with E-state index in [4.69, 9.17) is 33.2 Å². The Balaban J connectivity index is 1.38. The number of piperidine rings is 1. The number of nitrogens with zero attached hydrogens (tertiary/aromatic N) is 1. The third-order valence-electron chi connectivity index (χ3n) is 9.37. The largest absolute Gasteiger partial charge is 0.504 e. The minimum absolute atomic E-state index is 0.0506. The van der Waals surface area contributed by atoms with Gasteiger partial charge in [0.15, 0.2) is 36.1 Å². The van der Waals surface area contributed by atoms with Crippen LogP contribution in [0.15, 0.2) is 24.3 Å². The first-order valence-electron chi connectivity index (χ1n) is 14.8. The van der Waals surface area contributed by atoms with Crippen molar-refractivity contribution in [1.29, 1.82) is 0 Å². The number of ether oxygens (including phenoxy) is 7. The van der Waals surface area contributed by atoms with Crippen molar-refractivity contribution in [3.05, 3.63) is 35.4 Å². The third kappa shape index (κ3) is 5.00. The Kier molecular flexibility index (Phi) is 7.83. The molecule has 1 aromatic rings. The summed E-state index contributed by atoms with van der Waals surface area (Å²) < 4.78 is 41.2. The van der Waals surface area contributed by atoms with E-state index in [-0.39, 0.29) is 24.3 Å². The molecule has 3 aliphatic heterocycles. The van der Waals surface area contributed by atoms with E-state index in [1.54, 1.807) is 6.07 Å². The monoisotopic (exact) mass is 615 g/mol. The fourth-order valence-corrected chi connectivity index (χ4v) is 7.79. The average Bonchev–Trinajstić information content (AvgIpc) is 3.30. The molecule has 0 radical (unpaired) electrons. The number of phenolic OH excluding ortho intramolecular Hbond substituents is 1. The average molecular weight is 616 g/mol. The predicted octanol–water partition coefficient (Wildman–Crippen LogP) is 1.31. The van der Waals surface area contributed by atoms with E-state index in [1.165, 1.54) is 20.8 Å². The first-order valence-corrected chi connectivity index (χ1v) is 14.8. The number of phenols is 1. The molecular formula is C31H37NO12. The highest BCUT2D eigenvalue weighted by Gasteiger charge is 2.65. The van der Waals surface area contributed by atoms with Crippen molar-refractivity contribution in [2.24, 2.45) is 5.92 Å². The topological polar surface area (TPSA) is 156 Å². The Morgan fingerprint density at radius 2 is 1.64 bits per heavy atom. The van der Waals surface area contributed by atoms with Crippen LogP contribution in [0.1, 0.15) is 45.2 Å². The Bertz CT molecular complexity index is 1390. The SMILES string of the molecule is CC(=O)OC[C@H]1O[C@H](O[C@H]2C=C[C@H]3[C@H]4Cc5ccc(O)c6c5[C@@]3(CCN4C)[C@H]2O6)[C@@H](OC(C)=O)[C@@H](OC(C)=O)[C@@H]1OC(C)=O. The molecule has 2 aliphatic carbocycles. The van der Waals surface area contributed by atoms with Crippen LogP contribution >= 0.6 is 0 Å². The molecule has 5 aliphatic rings. The summed E-state index contributed by atoms with van der Waals surface area (Å²) in [6, 6.07) is 3.83. The van der Waals surface area contributed by atoms with Gasteiger partial charge in [0, 0.05) is 50.6 Å². The van der Waals surface area contributed by atoms with Gasteiger partial charge in [-0.05, 0) is 38.1 Å². The molecule has 2 saturated heterocycles. The molecule has 1 spiro atoms. The van der Waals surface area contributed by atoms with E-state index in [0.717, 1.165) is 37.4 Å². The third-order valence-corrected chi connectivity index (χ3v) is 9.37. The molecule has 2 bridgehead atoms. The highest BCUT2D eigenvalue weighted by molar-refractivity contribution is 5.69. The molecule has 6 rings (SSSR count). The van der Waals surface area contributed by atoms with Gasteiger partial charge in [0.2, 0.25) is 0 Å². The zero-order valence-electron chi connectivity index (χ0n) is 25.2. The molecule has 1 N–H and O–H groups in total. The van der Waals surface area contributed by atoms with Crippen molar-refractivity contribution in [3.63, 3.8) is 0 Å². The highest BCUT2D eigenvalue weighted by Crippen LogP contribution is 2.62. The summed E-state index contributed by atoms with van der Waals surface area (Å²) in [4.78, 5) is 50.7. The lowest BCUT2D eigenvalue weighted by Crippen LogP contribution is -2.67. The lowest BCUT2D eigenvalue weighted by atomic mass is 9.53. The van der Waals surface area contributed by atoms with Crippen LogP contribution in [-0.2, 0) is 59.4 Å². The number of carbonyl (C=O) groups excluding carboxylic acids is 4. The van der Waals surface area contributed by atoms with Gasteiger partial charge in [-0.1, -0.05) is 18.2 Å². The summed E-state index contributed by atoms with van der Waals surface area (Å²) in [5, 5.41) is 10.9. The molecule has 0 amide bonds. The van der Waals surface area contributed by atoms with Crippen molar-refractivity contribution in [2.75, 3.05) is 20.2 Å². The number of hydrogen-bond acceptors (Lipinski definition) is 13. The van der Waals surface area contributed by atoms with Crippen LogP contribution in [0.3, 0.4) is 0 Å². The number of aromatic hydroxyl groups is 1. The number of hydrogen-bond donors (Lipinski definition) is 1. The van der Waals surface area contributed by atoms with Crippen LogP contribution < -0.4 is 4.74 Å². The molecule has 3 heterocycles. The Morgan fingerprint density at radius 1 is 0.955 bits per heavy atom. The second kappa shape index (κ2) is 11.4. The molecule has 0 unspecified atom stereocenters. The number of carbonyl (C=O) groups is 4. The number of benzene rings is 1. The van der Waals surface area contributed by atoms with Crippen molar-refractivity contribution in [2.45, 2.75) is 94.9 Å². The summed E-state index contributed by atoms with van der Waals surface area (Å²) in [6.45, 7) is 5.18. The zero-order valence-corrected chi connectivity index (χ0v) is 25.2. The Hall–Kier alpha value is -3.68. The first kappa shape index (κ1) is 30.4. The number of rotatable bonds is 7. The van der Waals surface area contributed by atoms with Crippen LogP contribution in [0.2, 0.25) is 0 Å². The summed E-state index contributed by atoms with van der Waals surface area (Å²) in [7, 11) is 2.11. The fraction of sp³-hybridized carbons (Fsp3) is 0.613. The van der Waals surface area contributed by atoms with Gasteiger partial charge in [-0.15, -0.1) is 0 Å². The smallest absolute Gasteiger partial charge is 0.303 e. The van der Waals surface area contributed by atoms with Gasteiger partial charge in [-0.2, -0.15) is 0 Å². The van der Waals surface area contributed by atoms with Gasteiger partial charge in [0.1, 0.15) is 24.9 Å². The van der Waals surface area contributed by atoms with E-state index >= 15 is 0 Å². The molecular weight excluding hydrogens is 578 g/mol. The van der Waals surface area contributed by atoms with Crippen LogP contribution in [0, 0.1) is 5.92 Å². The quantitative estimate of drug-likeness (QED) is 0.266. The maximum Gasteiger partial charge on any atom is 0.303 e. The second-order valence-corrected chi connectivity index (χ2v) is 12.1. The molecule has 13 heteroatoms. The minimum Gasteiger partial charge on any atom is -0.504 e. The van der Waals surface area contributed by atoms with E-state index in [0.29, 0.717) is 5.75 Å². The van der Waals surface area contributed by atoms with Crippen LogP contribution in [0.5, 0.6) is 11.5 Å². The molecule has 13 nitrogen and oxygen atoms in total. The molecule has 238 valence electrons. The maximum atomic E-state index is 12.3. The van der Waals surface area contributed by atoms with Crippen molar-refractivity contribution < 1.29 is 57.4 Å². The van der Waals surface area contributed by atoms with E-state index < -0.39 is 72.2 Å². The van der Waals surface area contributed by atoms with Gasteiger partial charge in [0.05, 0.1) is 0 Å². The maximum absolute atomic E-state index is 12.3. The van der Waals surface area contributed by atoms with Crippen LogP contribution in [0.4, 0.5) is 0 Å². The Labute approximate surface area is 254 Å². The normalized spacial score (nSPS) is 36.4. The standard InChI is InChI=1S/C31H37NO12/c1-14(33)38-13-23-26(39-15(2)34)27(40-16(3)35)28(41-17(4)36)30(43-23)42-22-9-7-19-20-12-18-6-8-21(37)25-24(18)31(19,29(22)44-25)10-11-32(20)5/h6-9,19-20,22-23,26-30,37H,10-13H2,1-5H3/t19-,20+,22-,23+,26+,27-,28-,29-,30-,31-/m0/s1. The van der Waals surface area contributed by atoms with Crippen LogP contribution in [0.25, 0.3) is 0 Å². The Morgan fingerprint density at radius 3 is 2.32 bits per heavy atom. The van der Waals surface area contributed by atoms with E-state index in [9.17, 15) is 24.3 Å². The summed E-state index contributed by atoms with van der Waals surface area (Å²) in [5.41, 5.74) is 1.63.